The summed E-state index contributed by atoms with van der Waals surface area (Å²) >= 11 is 0. The van der Waals surface area contributed by atoms with E-state index in [1.54, 1.807) is 6.08 Å². The largest absolute Gasteiger partial charge is 0.412 e. The molecule has 0 aliphatic rings. The van der Waals surface area contributed by atoms with Crippen molar-refractivity contribution >= 4 is 8.32 Å². The van der Waals surface area contributed by atoms with Crippen LogP contribution in [0.25, 0.3) is 0 Å². The van der Waals surface area contributed by atoms with Gasteiger partial charge in [0.1, 0.15) is 0 Å². The van der Waals surface area contributed by atoms with Crippen molar-refractivity contribution in [1.82, 2.24) is 0 Å². The Morgan fingerprint density at radius 1 is 0.839 bits per heavy atom. The predicted octanol–water partition coefficient (Wildman–Crippen LogP) is 8.11. The summed E-state index contributed by atoms with van der Waals surface area (Å²) in [6.45, 7) is 26.7. The molecular weight excluding hydrogens is 398 g/mol. The molecule has 0 aromatic heterocycles. The second kappa shape index (κ2) is 14.5. The molecule has 0 rings (SSSR count). The second-order valence-corrected chi connectivity index (χ2v) is 16.7. The molecule has 0 fully saturated rings. The number of hydrogen-bond donors (Lipinski definition) is 1. The molecule has 1 unspecified atom stereocenters. The maximum absolute atomic E-state index is 10.2. The van der Waals surface area contributed by atoms with Gasteiger partial charge in [-0.2, -0.15) is 5.26 Å². The van der Waals surface area contributed by atoms with Crippen molar-refractivity contribution in [2.45, 2.75) is 130 Å². The van der Waals surface area contributed by atoms with Crippen LogP contribution in [0.3, 0.4) is 0 Å². The van der Waals surface area contributed by atoms with Gasteiger partial charge in [-0.1, -0.05) is 75.3 Å². The molecule has 0 saturated carbocycles. The van der Waals surface area contributed by atoms with Crippen molar-refractivity contribution in [2.24, 2.45) is 23.7 Å². The van der Waals surface area contributed by atoms with Gasteiger partial charge in [-0.25, -0.2) is 0 Å². The van der Waals surface area contributed by atoms with Crippen molar-refractivity contribution < 1.29 is 9.53 Å². The first-order chi connectivity index (χ1) is 14.3. The minimum absolute atomic E-state index is 0.0231. The highest BCUT2D eigenvalue weighted by molar-refractivity contribution is 6.77. The van der Waals surface area contributed by atoms with E-state index in [0.717, 1.165) is 19.3 Å². The van der Waals surface area contributed by atoms with E-state index in [9.17, 15) is 10.4 Å². The third-order valence-electron chi connectivity index (χ3n) is 7.41. The summed E-state index contributed by atoms with van der Waals surface area (Å²) in [6, 6.07) is 2.41. The van der Waals surface area contributed by atoms with Crippen LogP contribution in [0.1, 0.15) is 101 Å². The topological polar surface area (TPSA) is 53.2 Å². The molecule has 0 aliphatic carbocycles. The highest BCUT2D eigenvalue weighted by Crippen LogP contribution is 2.44. The van der Waals surface area contributed by atoms with Gasteiger partial charge >= 0.3 is 0 Å². The van der Waals surface area contributed by atoms with Crippen LogP contribution in [0.4, 0.5) is 0 Å². The van der Waals surface area contributed by atoms with Crippen molar-refractivity contribution in [2.75, 3.05) is 0 Å². The molecule has 182 valence electrons. The lowest BCUT2D eigenvalue weighted by molar-refractivity contribution is 0.0959. The molecule has 0 saturated heterocycles. The highest BCUT2D eigenvalue weighted by atomic mass is 28.4. The minimum Gasteiger partial charge on any atom is -0.412 e. The van der Waals surface area contributed by atoms with Crippen LogP contribution in [0.2, 0.25) is 16.6 Å². The Bertz CT molecular complexity index is 518. The summed E-state index contributed by atoms with van der Waals surface area (Å²) in [5.41, 5.74) is 1.59. The Hall–Kier alpha value is -0.633. The maximum Gasteiger partial charge on any atom is 0.200 e. The number of aliphatic hydroxyl groups is 1. The Balaban J connectivity index is 5.13. The molecule has 31 heavy (non-hydrogen) atoms. The summed E-state index contributed by atoms with van der Waals surface area (Å²) in [5.74, 6) is 1.81. The first kappa shape index (κ1) is 30.4. The molecule has 1 N–H and O–H groups in total. The first-order valence-corrected chi connectivity index (χ1v) is 14.8. The molecule has 0 aromatic rings. The predicted molar refractivity (Wildman–Crippen MR) is 137 cm³/mol. The van der Waals surface area contributed by atoms with E-state index in [-0.39, 0.29) is 12.2 Å². The van der Waals surface area contributed by atoms with E-state index >= 15 is 0 Å². The first-order valence-electron chi connectivity index (χ1n) is 12.7. The number of hydrogen-bond acceptors (Lipinski definition) is 3. The van der Waals surface area contributed by atoms with E-state index < -0.39 is 8.32 Å². The molecular formula is C27H53NO2Si. The van der Waals surface area contributed by atoms with Gasteiger partial charge in [0.05, 0.1) is 24.7 Å². The SMILES string of the molecule is C=CC[C@H](O)[C@@H](C)C[C@@H](C)C[C@@H](C)C[C@H](C)C(CC#N)O[Si](C(C)C)(C(C)C)C(C)C. The summed E-state index contributed by atoms with van der Waals surface area (Å²) in [6.07, 6.45) is 5.96. The number of rotatable bonds is 16. The molecule has 0 amide bonds. The van der Waals surface area contributed by atoms with Crippen LogP contribution in [-0.2, 0) is 4.43 Å². The van der Waals surface area contributed by atoms with Crippen LogP contribution >= 0.6 is 0 Å². The fourth-order valence-electron chi connectivity index (χ4n) is 5.98. The lowest BCUT2D eigenvalue weighted by atomic mass is 9.82. The molecule has 0 spiro atoms. The summed E-state index contributed by atoms with van der Waals surface area (Å²) in [7, 11) is -2.00. The second-order valence-electron chi connectivity index (χ2n) is 11.3. The fraction of sp³-hybridized carbons (Fsp3) is 0.889. The van der Waals surface area contributed by atoms with Crippen LogP contribution in [-0.4, -0.2) is 25.6 Å². The van der Waals surface area contributed by atoms with E-state index in [4.69, 9.17) is 4.43 Å². The van der Waals surface area contributed by atoms with E-state index in [1.165, 1.54) is 0 Å². The van der Waals surface area contributed by atoms with Crippen molar-refractivity contribution in [1.29, 1.82) is 5.26 Å². The zero-order chi connectivity index (χ0) is 24.4. The van der Waals surface area contributed by atoms with Crippen LogP contribution in [0.15, 0.2) is 12.7 Å². The average Bonchev–Trinajstić information content (AvgIpc) is 2.63. The van der Waals surface area contributed by atoms with E-state index in [2.05, 4.69) is 81.9 Å². The lowest BCUT2D eigenvalue weighted by Gasteiger charge is -2.45. The molecule has 6 atom stereocenters. The van der Waals surface area contributed by atoms with E-state index in [0.29, 0.717) is 53.1 Å². The van der Waals surface area contributed by atoms with Gasteiger partial charge in [-0.05, 0) is 66.0 Å². The monoisotopic (exact) mass is 451 g/mol. The van der Waals surface area contributed by atoms with Crippen molar-refractivity contribution in [3.05, 3.63) is 12.7 Å². The van der Waals surface area contributed by atoms with Gasteiger partial charge < -0.3 is 9.53 Å². The van der Waals surface area contributed by atoms with Gasteiger partial charge in [0, 0.05) is 0 Å². The Morgan fingerprint density at radius 2 is 1.29 bits per heavy atom. The van der Waals surface area contributed by atoms with Gasteiger partial charge in [0.25, 0.3) is 0 Å². The van der Waals surface area contributed by atoms with Crippen molar-refractivity contribution in [3.63, 3.8) is 0 Å². The number of aliphatic hydroxyl groups excluding tert-OH is 1. The standard InChI is InChI=1S/C27H53NO2Si/c1-12-13-26(29)24(10)17-22(8)16-23(9)18-25(11)27(14-15-28)30-31(19(2)3,20(4)5)21(6)7/h12,19-27,29H,1,13-14,16-18H2,2-11H3/t22-,23+,24-,25-,26-,27?/m0/s1. The summed E-state index contributed by atoms with van der Waals surface area (Å²) in [5, 5.41) is 19.7. The zero-order valence-electron chi connectivity index (χ0n) is 22.3. The third-order valence-corrected chi connectivity index (χ3v) is 13.5. The van der Waals surface area contributed by atoms with Gasteiger partial charge in [-0.15, -0.1) is 6.58 Å². The third kappa shape index (κ3) is 9.40. The number of nitrogens with zero attached hydrogens (tertiary/aromatic N) is 1. The molecule has 4 heteroatoms. The molecule has 0 aromatic carbocycles. The molecule has 0 radical (unpaired) electrons. The van der Waals surface area contributed by atoms with Gasteiger partial charge in [-0.3, -0.25) is 0 Å². The summed E-state index contributed by atoms with van der Waals surface area (Å²) in [4.78, 5) is 0. The Morgan fingerprint density at radius 3 is 1.68 bits per heavy atom. The summed E-state index contributed by atoms with van der Waals surface area (Å²) < 4.78 is 7.03. The fourth-order valence-corrected chi connectivity index (χ4v) is 11.6. The highest BCUT2D eigenvalue weighted by Gasteiger charge is 2.47. The van der Waals surface area contributed by atoms with Gasteiger partial charge in [0.15, 0.2) is 0 Å². The van der Waals surface area contributed by atoms with E-state index in [1.807, 2.05) is 0 Å². The van der Waals surface area contributed by atoms with Crippen molar-refractivity contribution in [3.8, 4) is 6.07 Å². The Kier molecular flexibility index (Phi) is 14.2. The maximum atomic E-state index is 10.2. The molecule has 3 nitrogen and oxygen atoms in total. The van der Waals surface area contributed by atoms with Crippen LogP contribution < -0.4 is 0 Å². The average molecular weight is 452 g/mol. The minimum atomic E-state index is -2.00. The van der Waals surface area contributed by atoms with Crippen LogP contribution in [0, 0.1) is 35.0 Å². The quantitative estimate of drug-likeness (QED) is 0.190. The zero-order valence-corrected chi connectivity index (χ0v) is 23.3. The smallest absolute Gasteiger partial charge is 0.200 e. The lowest BCUT2D eigenvalue weighted by Crippen LogP contribution is -2.51. The molecule has 0 bridgehead atoms. The Labute approximate surface area is 195 Å². The van der Waals surface area contributed by atoms with Crippen LogP contribution in [0.5, 0.6) is 0 Å². The number of nitriles is 1. The molecule has 0 heterocycles. The molecule has 0 aliphatic heterocycles. The normalized spacial score (nSPS) is 18.5. The van der Waals surface area contributed by atoms with Gasteiger partial charge in [0.2, 0.25) is 8.32 Å².